The third-order valence-electron chi connectivity index (χ3n) is 6.61. The second-order valence-corrected chi connectivity index (χ2v) is 8.60. The Hall–Kier alpha value is -2.50. The van der Waals surface area contributed by atoms with Crippen LogP contribution in [-0.4, -0.2) is 0 Å². The summed E-state index contributed by atoms with van der Waals surface area (Å²) in [5.41, 5.74) is 0.0560. The Labute approximate surface area is 183 Å². The lowest BCUT2D eigenvalue weighted by Gasteiger charge is -2.35. The van der Waals surface area contributed by atoms with Crippen molar-refractivity contribution in [2.45, 2.75) is 57.5 Å². The molecule has 170 valence electrons. The molecule has 0 aliphatic heterocycles. The average molecular weight is 450 g/mol. The third-order valence-corrected chi connectivity index (χ3v) is 6.61. The molecule has 3 aromatic rings. The molecule has 1 aliphatic rings. The summed E-state index contributed by atoms with van der Waals surface area (Å²) in [6.45, 7) is 2.08. The minimum atomic E-state index is -5.11. The van der Waals surface area contributed by atoms with Crippen molar-refractivity contribution >= 4 is 10.8 Å². The SMILES string of the molecule is CCCCC[C@@H]1CCc2c(ccc3c(F)cccc23)[C@H]1c1cc(F)c(C(F)(F)F)c(F)c1. The fourth-order valence-electron chi connectivity index (χ4n) is 5.18. The van der Waals surface area contributed by atoms with Crippen LogP contribution < -0.4 is 0 Å². The monoisotopic (exact) mass is 450 g/mol. The molecule has 0 amide bonds. The van der Waals surface area contributed by atoms with E-state index in [1.807, 2.05) is 6.07 Å². The molecule has 1 aliphatic carbocycles. The van der Waals surface area contributed by atoms with E-state index in [0.717, 1.165) is 60.7 Å². The quantitative estimate of drug-likeness (QED) is 0.270. The molecule has 0 aromatic heterocycles. The number of rotatable bonds is 5. The summed E-state index contributed by atoms with van der Waals surface area (Å²) in [6.07, 6.45) is 0.0715. The van der Waals surface area contributed by atoms with Gasteiger partial charge in [0.25, 0.3) is 0 Å². The Balaban J connectivity index is 1.87. The van der Waals surface area contributed by atoms with E-state index in [0.29, 0.717) is 11.8 Å². The fourth-order valence-corrected chi connectivity index (χ4v) is 5.18. The fraction of sp³-hybridized carbons (Fsp3) is 0.385. The molecule has 0 fully saturated rings. The van der Waals surface area contributed by atoms with Gasteiger partial charge in [-0.15, -0.1) is 0 Å². The van der Waals surface area contributed by atoms with Crippen molar-refractivity contribution in [2.75, 3.05) is 0 Å². The summed E-state index contributed by atoms with van der Waals surface area (Å²) in [7, 11) is 0. The maximum Gasteiger partial charge on any atom is 0.422 e. The number of benzene rings is 3. The highest BCUT2D eigenvalue weighted by Gasteiger charge is 2.39. The molecule has 3 aromatic carbocycles. The van der Waals surface area contributed by atoms with E-state index in [2.05, 4.69) is 6.92 Å². The molecular weight excluding hydrogens is 426 g/mol. The first-order valence-corrected chi connectivity index (χ1v) is 11.0. The minimum Gasteiger partial charge on any atom is -0.206 e. The molecule has 0 saturated heterocycles. The van der Waals surface area contributed by atoms with Crippen LogP contribution in [0.25, 0.3) is 10.8 Å². The molecule has 0 bridgehead atoms. The Kier molecular flexibility index (Phi) is 6.24. The van der Waals surface area contributed by atoms with Gasteiger partial charge in [0, 0.05) is 11.3 Å². The standard InChI is InChI=1S/C26H24F6/c1-2-3-4-6-15-9-10-18-17-7-5-8-21(27)19(17)11-12-20(18)24(15)16-13-22(28)25(23(29)14-16)26(30,31)32/h5,7-8,11-15,24H,2-4,6,9-10H2,1H3/t15-,24-/m1/s1. The van der Waals surface area contributed by atoms with E-state index in [1.54, 1.807) is 18.2 Å². The second kappa shape index (κ2) is 8.80. The van der Waals surface area contributed by atoms with Crippen molar-refractivity contribution in [3.8, 4) is 0 Å². The van der Waals surface area contributed by atoms with Crippen molar-refractivity contribution < 1.29 is 26.3 Å². The van der Waals surface area contributed by atoms with E-state index >= 15 is 0 Å². The Morgan fingerprint density at radius 2 is 1.59 bits per heavy atom. The molecule has 0 radical (unpaired) electrons. The van der Waals surface area contributed by atoms with Crippen LogP contribution in [0.2, 0.25) is 0 Å². The Morgan fingerprint density at radius 3 is 2.25 bits per heavy atom. The highest BCUT2D eigenvalue weighted by atomic mass is 19.4. The number of aryl methyl sites for hydroxylation is 1. The summed E-state index contributed by atoms with van der Waals surface area (Å²) in [5.74, 6) is -3.96. The maximum absolute atomic E-state index is 14.5. The van der Waals surface area contributed by atoms with Crippen LogP contribution in [0.3, 0.4) is 0 Å². The number of hydrogen-bond acceptors (Lipinski definition) is 0. The first-order chi connectivity index (χ1) is 15.2. The molecular formula is C26H24F6. The van der Waals surface area contributed by atoms with Crippen LogP contribution in [0.15, 0.2) is 42.5 Å². The summed E-state index contributed by atoms with van der Waals surface area (Å²) < 4.78 is 82.6. The molecule has 0 nitrogen and oxygen atoms in total. The molecule has 2 atom stereocenters. The highest BCUT2D eigenvalue weighted by molar-refractivity contribution is 5.88. The molecule has 0 heterocycles. The predicted octanol–water partition coefficient (Wildman–Crippen LogP) is 8.55. The lowest BCUT2D eigenvalue weighted by molar-refractivity contribution is -0.142. The van der Waals surface area contributed by atoms with E-state index in [4.69, 9.17) is 0 Å². The zero-order valence-corrected chi connectivity index (χ0v) is 17.7. The first kappa shape index (κ1) is 22.7. The summed E-state index contributed by atoms with van der Waals surface area (Å²) >= 11 is 0. The topological polar surface area (TPSA) is 0 Å². The van der Waals surface area contributed by atoms with Gasteiger partial charge in [0.15, 0.2) is 0 Å². The summed E-state index contributed by atoms with van der Waals surface area (Å²) in [4.78, 5) is 0. The van der Waals surface area contributed by atoms with Crippen LogP contribution in [0.5, 0.6) is 0 Å². The lowest BCUT2D eigenvalue weighted by atomic mass is 9.69. The van der Waals surface area contributed by atoms with Crippen LogP contribution in [0.1, 0.15) is 67.2 Å². The van der Waals surface area contributed by atoms with Crippen LogP contribution in [0.4, 0.5) is 26.3 Å². The number of halogens is 6. The van der Waals surface area contributed by atoms with Gasteiger partial charge < -0.3 is 0 Å². The zero-order valence-electron chi connectivity index (χ0n) is 17.7. The largest absolute Gasteiger partial charge is 0.422 e. The molecule has 0 unspecified atom stereocenters. The average Bonchev–Trinajstić information content (AvgIpc) is 2.72. The van der Waals surface area contributed by atoms with Crippen molar-refractivity contribution in [3.63, 3.8) is 0 Å². The predicted molar refractivity (Wildman–Crippen MR) is 113 cm³/mol. The zero-order chi connectivity index (χ0) is 23.0. The van der Waals surface area contributed by atoms with E-state index in [9.17, 15) is 26.3 Å². The van der Waals surface area contributed by atoms with Crippen LogP contribution in [0, 0.1) is 23.4 Å². The molecule has 0 saturated carbocycles. The van der Waals surface area contributed by atoms with Crippen molar-refractivity contribution in [1.82, 2.24) is 0 Å². The molecule has 0 N–H and O–H groups in total. The third kappa shape index (κ3) is 4.12. The first-order valence-electron chi connectivity index (χ1n) is 11.0. The maximum atomic E-state index is 14.5. The summed E-state index contributed by atoms with van der Waals surface area (Å²) in [5, 5.41) is 1.21. The van der Waals surface area contributed by atoms with Crippen molar-refractivity contribution in [1.29, 1.82) is 0 Å². The number of fused-ring (bicyclic) bond motifs is 3. The molecule has 0 spiro atoms. The van der Waals surface area contributed by atoms with Gasteiger partial charge in [0.1, 0.15) is 23.0 Å². The van der Waals surface area contributed by atoms with E-state index in [-0.39, 0.29) is 17.3 Å². The van der Waals surface area contributed by atoms with Gasteiger partial charge in [-0.2, -0.15) is 13.2 Å². The van der Waals surface area contributed by atoms with Gasteiger partial charge in [-0.05, 0) is 65.5 Å². The molecule has 32 heavy (non-hydrogen) atoms. The number of unbranched alkanes of at least 4 members (excludes halogenated alkanes) is 2. The highest BCUT2D eigenvalue weighted by Crippen LogP contribution is 2.46. The van der Waals surface area contributed by atoms with Gasteiger partial charge in [-0.3, -0.25) is 0 Å². The van der Waals surface area contributed by atoms with Gasteiger partial charge in [0.05, 0.1) is 0 Å². The normalized spacial score (nSPS) is 18.7. The van der Waals surface area contributed by atoms with Crippen molar-refractivity contribution in [2.24, 2.45) is 5.92 Å². The Morgan fingerprint density at radius 1 is 0.875 bits per heavy atom. The second-order valence-electron chi connectivity index (χ2n) is 8.60. The van der Waals surface area contributed by atoms with Gasteiger partial charge in [0.2, 0.25) is 0 Å². The van der Waals surface area contributed by atoms with Crippen LogP contribution >= 0.6 is 0 Å². The van der Waals surface area contributed by atoms with Gasteiger partial charge >= 0.3 is 6.18 Å². The smallest absolute Gasteiger partial charge is 0.206 e. The number of alkyl halides is 3. The van der Waals surface area contributed by atoms with E-state index in [1.165, 1.54) is 6.07 Å². The lowest BCUT2D eigenvalue weighted by Crippen LogP contribution is -2.23. The van der Waals surface area contributed by atoms with Gasteiger partial charge in [-0.1, -0.05) is 50.5 Å². The Bertz CT molecular complexity index is 1110. The van der Waals surface area contributed by atoms with Gasteiger partial charge in [-0.25, -0.2) is 13.2 Å². The van der Waals surface area contributed by atoms with Crippen LogP contribution in [-0.2, 0) is 12.6 Å². The number of hydrogen-bond donors (Lipinski definition) is 0. The molecule has 6 heteroatoms. The minimum absolute atomic E-state index is 0.0376. The molecule has 4 rings (SSSR count). The van der Waals surface area contributed by atoms with Crippen molar-refractivity contribution in [3.05, 3.63) is 82.2 Å². The van der Waals surface area contributed by atoms with E-state index < -0.39 is 29.3 Å². The summed E-state index contributed by atoms with van der Waals surface area (Å²) in [6, 6.07) is 9.90.